The highest BCUT2D eigenvalue weighted by atomic mass is 35.5. The Kier molecular flexibility index (Phi) is 5.90. The maximum Gasteiger partial charge on any atom is 0.371 e. The molecule has 0 saturated carbocycles. The molecule has 2 unspecified atom stereocenters. The van der Waals surface area contributed by atoms with E-state index in [0.717, 1.165) is 41.9 Å². The number of aromatic nitrogens is 1. The molecule has 2 aromatic heterocycles. The Morgan fingerprint density at radius 2 is 2.06 bits per heavy atom. The van der Waals surface area contributed by atoms with E-state index in [0.29, 0.717) is 10.8 Å². The smallest absolute Gasteiger partial charge is 0.371 e. The third-order valence-electron chi connectivity index (χ3n) is 7.03. The van der Waals surface area contributed by atoms with E-state index in [1.54, 1.807) is 0 Å². The Morgan fingerprint density at radius 1 is 1.26 bits per heavy atom. The second-order valence-corrected chi connectivity index (χ2v) is 9.82. The summed E-state index contributed by atoms with van der Waals surface area (Å²) >= 11 is 6.18. The largest absolute Gasteiger partial charge is 0.475 e. The van der Waals surface area contributed by atoms with Gasteiger partial charge in [-0.2, -0.15) is 0 Å². The van der Waals surface area contributed by atoms with Crippen LogP contribution in [0.15, 0.2) is 53.0 Å². The number of carboxylic acids is 1. The molecule has 6 heteroatoms. The summed E-state index contributed by atoms with van der Waals surface area (Å²) < 4.78 is 11.4. The van der Waals surface area contributed by atoms with E-state index in [9.17, 15) is 9.90 Å². The molecule has 0 amide bonds. The first kappa shape index (κ1) is 22.6. The molecule has 2 aliphatic rings. The number of furan rings is 1. The zero-order valence-electron chi connectivity index (χ0n) is 19.4. The van der Waals surface area contributed by atoms with Crippen LogP contribution in [0.2, 0.25) is 5.02 Å². The second kappa shape index (κ2) is 8.88. The van der Waals surface area contributed by atoms with Gasteiger partial charge in [0.1, 0.15) is 0 Å². The Balaban J connectivity index is 1.69. The van der Waals surface area contributed by atoms with Crippen molar-refractivity contribution in [2.24, 2.45) is 0 Å². The van der Waals surface area contributed by atoms with Crippen LogP contribution in [0.5, 0.6) is 5.95 Å². The fourth-order valence-electron chi connectivity index (χ4n) is 5.31. The van der Waals surface area contributed by atoms with Crippen LogP contribution in [-0.4, -0.2) is 16.1 Å². The van der Waals surface area contributed by atoms with E-state index < -0.39 is 5.97 Å². The number of aromatic carboxylic acids is 1. The minimum atomic E-state index is -1.13. The van der Waals surface area contributed by atoms with Crippen LogP contribution in [0.1, 0.15) is 79.1 Å². The minimum absolute atomic E-state index is 0.0539. The van der Waals surface area contributed by atoms with Gasteiger partial charge in [-0.3, -0.25) is 0 Å². The van der Waals surface area contributed by atoms with Gasteiger partial charge in [0.25, 0.3) is 5.95 Å². The van der Waals surface area contributed by atoms with Gasteiger partial charge < -0.3 is 19.2 Å². The average Bonchev–Trinajstić information content (AvgIpc) is 3.45. The molecular weight excluding hydrogens is 450 g/mol. The summed E-state index contributed by atoms with van der Waals surface area (Å²) in [6, 6.07) is 10.9. The van der Waals surface area contributed by atoms with Gasteiger partial charge in [0.05, 0.1) is 5.35 Å². The molecule has 0 aliphatic heterocycles. The van der Waals surface area contributed by atoms with E-state index in [1.807, 2.05) is 18.2 Å². The number of allylic oxidation sites excluding steroid dienone is 1. The first-order chi connectivity index (χ1) is 16.4. The molecular formula is C28H28ClNO4. The van der Waals surface area contributed by atoms with E-state index in [-0.39, 0.29) is 23.0 Å². The number of ether oxygens (including phenoxy) is 1. The highest BCUT2D eigenvalue weighted by Crippen LogP contribution is 2.41. The molecule has 3 aromatic rings. The molecule has 176 valence electrons. The second-order valence-electron chi connectivity index (χ2n) is 9.39. The van der Waals surface area contributed by atoms with Crippen molar-refractivity contribution in [1.82, 2.24) is 4.98 Å². The topological polar surface area (TPSA) is 75.5 Å². The molecule has 2 atom stereocenters. The lowest BCUT2D eigenvalue weighted by Crippen LogP contribution is -2.33. The van der Waals surface area contributed by atoms with Crippen molar-refractivity contribution in [1.29, 1.82) is 0 Å². The molecule has 2 aliphatic carbocycles. The van der Waals surface area contributed by atoms with Crippen LogP contribution in [0, 0.1) is 0 Å². The number of hydrogen-bond acceptors (Lipinski definition) is 3. The van der Waals surface area contributed by atoms with Crippen LogP contribution in [0.3, 0.4) is 0 Å². The van der Waals surface area contributed by atoms with Crippen LogP contribution in [0.4, 0.5) is 0 Å². The maximum absolute atomic E-state index is 11.2. The molecule has 0 fully saturated rings. The molecule has 2 N–H and O–H groups in total. The number of hydrogen-bond donors (Lipinski definition) is 2. The average molecular weight is 478 g/mol. The van der Waals surface area contributed by atoms with Crippen molar-refractivity contribution in [3.63, 3.8) is 0 Å². The van der Waals surface area contributed by atoms with Crippen molar-refractivity contribution in [3.05, 3.63) is 86.7 Å². The Hall–Kier alpha value is -3.18. The molecule has 0 bridgehead atoms. The van der Waals surface area contributed by atoms with E-state index in [2.05, 4.69) is 43.1 Å². The molecule has 1 aromatic carbocycles. The number of carboxylic acid groups (broad SMARTS) is 1. The number of benzene rings is 1. The quantitative estimate of drug-likeness (QED) is 0.446. The normalized spacial score (nSPS) is 21.0. The molecule has 34 heavy (non-hydrogen) atoms. The summed E-state index contributed by atoms with van der Waals surface area (Å²) in [4.78, 5) is 14.9. The van der Waals surface area contributed by atoms with Gasteiger partial charge in [-0.15, -0.1) is 0 Å². The lowest BCUT2D eigenvalue weighted by molar-refractivity contribution is 0.0657. The van der Waals surface area contributed by atoms with Gasteiger partial charge in [-0.1, -0.05) is 62.6 Å². The fourth-order valence-corrected chi connectivity index (χ4v) is 5.44. The number of halogens is 1. The van der Waals surface area contributed by atoms with Gasteiger partial charge in [0, 0.05) is 22.4 Å². The lowest BCUT2D eigenvalue weighted by atomic mass is 9.69. The summed E-state index contributed by atoms with van der Waals surface area (Å²) in [6.45, 7) is 4.62. The van der Waals surface area contributed by atoms with E-state index >= 15 is 0 Å². The SMILES string of the molecule is CCCCC1(C)CCC=c2[nH]c3c(c21)C(c1ccc(Cl)cc1)C=CC=3Oc1ccc(C(=O)O)o1. The number of nitrogens with one attached hydrogen (secondary N) is 1. The van der Waals surface area contributed by atoms with Crippen molar-refractivity contribution in [2.45, 2.75) is 57.3 Å². The Labute approximate surface area is 203 Å². The third kappa shape index (κ3) is 3.98. The lowest BCUT2D eigenvalue weighted by Gasteiger charge is -2.34. The number of unbranched alkanes of at least 4 members (excludes halogenated alkanes) is 1. The van der Waals surface area contributed by atoms with Crippen LogP contribution in [-0.2, 0) is 5.41 Å². The van der Waals surface area contributed by atoms with Crippen molar-refractivity contribution >= 4 is 29.4 Å². The minimum Gasteiger partial charge on any atom is -0.475 e. The molecule has 0 saturated heterocycles. The summed E-state index contributed by atoms with van der Waals surface area (Å²) in [7, 11) is 0. The number of fused-ring (bicyclic) bond motifs is 3. The first-order valence-corrected chi connectivity index (χ1v) is 12.2. The fraction of sp³-hybridized carbons (Fsp3) is 0.321. The Morgan fingerprint density at radius 3 is 2.76 bits per heavy atom. The van der Waals surface area contributed by atoms with E-state index in [1.165, 1.54) is 29.7 Å². The first-order valence-electron chi connectivity index (χ1n) is 11.8. The van der Waals surface area contributed by atoms with Gasteiger partial charge in [0.2, 0.25) is 5.76 Å². The van der Waals surface area contributed by atoms with Gasteiger partial charge >= 0.3 is 5.97 Å². The number of aromatic amines is 1. The predicted octanol–water partition coefficient (Wildman–Crippen LogP) is 5.87. The van der Waals surface area contributed by atoms with Crippen LogP contribution < -0.4 is 15.4 Å². The van der Waals surface area contributed by atoms with Crippen molar-refractivity contribution < 1.29 is 19.1 Å². The van der Waals surface area contributed by atoms with Crippen LogP contribution in [0.25, 0.3) is 11.8 Å². The van der Waals surface area contributed by atoms with Crippen molar-refractivity contribution in [2.75, 3.05) is 0 Å². The molecule has 2 heterocycles. The molecule has 5 rings (SSSR count). The number of rotatable bonds is 7. The molecule has 0 radical (unpaired) electrons. The Bertz CT molecular complexity index is 1380. The van der Waals surface area contributed by atoms with Gasteiger partial charge in [-0.05, 0) is 65.6 Å². The highest BCUT2D eigenvalue weighted by Gasteiger charge is 2.36. The highest BCUT2D eigenvalue weighted by molar-refractivity contribution is 6.30. The van der Waals surface area contributed by atoms with Gasteiger partial charge in [0.15, 0.2) is 5.76 Å². The van der Waals surface area contributed by atoms with E-state index in [4.69, 9.17) is 20.8 Å². The maximum atomic E-state index is 11.2. The standard InChI is InChI=1S/C28H28ClNO4/c1-3-4-15-28(2)16-5-6-20-25(28)24-19(17-7-9-18(29)10-8-17)11-12-21(26(24)30-20)33-23-14-13-22(34-23)27(31)32/h6-14,19,30H,3-5,15-16H2,1-2H3,(H,31,32). The summed E-state index contributed by atoms with van der Waals surface area (Å²) in [5, 5.41) is 12.0. The van der Waals surface area contributed by atoms with Crippen LogP contribution >= 0.6 is 11.6 Å². The van der Waals surface area contributed by atoms with Crippen molar-refractivity contribution in [3.8, 4) is 5.95 Å². The van der Waals surface area contributed by atoms with Gasteiger partial charge in [-0.25, -0.2) is 4.79 Å². The number of carbonyl (C=O) groups is 1. The monoisotopic (exact) mass is 477 g/mol. The zero-order valence-corrected chi connectivity index (χ0v) is 20.1. The number of H-pyrrole nitrogens is 1. The molecule has 0 spiro atoms. The predicted molar refractivity (Wildman–Crippen MR) is 133 cm³/mol. The summed E-state index contributed by atoms with van der Waals surface area (Å²) in [5.41, 5.74) is 3.80. The third-order valence-corrected chi connectivity index (χ3v) is 7.28. The summed E-state index contributed by atoms with van der Waals surface area (Å²) in [5.74, 6) is -0.455. The molecule has 5 nitrogen and oxygen atoms in total. The zero-order chi connectivity index (χ0) is 23.9. The summed E-state index contributed by atoms with van der Waals surface area (Å²) in [6.07, 6.45) is 12.0.